The van der Waals surface area contributed by atoms with Gasteiger partial charge < -0.3 is 29.9 Å². The minimum absolute atomic E-state index is 0.162. The van der Waals surface area contributed by atoms with Gasteiger partial charge in [-0.2, -0.15) is 0 Å². The smallest absolute Gasteiger partial charge is 0.255 e. The van der Waals surface area contributed by atoms with E-state index in [0.717, 1.165) is 24.2 Å². The van der Waals surface area contributed by atoms with Gasteiger partial charge in [0.05, 0.1) is 24.6 Å². The Morgan fingerprint density at radius 1 is 1.10 bits per heavy atom. The number of carbonyl (C=O) groups is 4. The second-order valence-electron chi connectivity index (χ2n) is 11.0. The highest BCUT2D eigenvalue weighted by molar-refractivity contribution is 6.01. The van der Waals surface area contributed by atoms with Crippen molar-refractivity contribution < 1.29 is 28.7 Å². The summed E-state index contributed by atoms with van der Waals surface area (Å²) in [7, 11) is 1.60. The lowest BCUT2D eigenvalue weighted by atomic mass is 10.0. The number of carbonyl (C=O) groups excluding carboxylic acids is 4. The Hall–Kier alpha value is -4.08. The lowest BCUT2D eigenvalue weighted by molar-refractivity contribution is -0.139. The Morgan fingerprint density at radius 3 is 2.59 bits per heavy atom. The number of rotatable bonds is 6. The summed E-state index contributed by atoms with van der Waals surface area (Å²) in [5.41, 5.74) is 1.23. The second kappa shape index (κ2) is 13.5. The van der Waals surface area contributed by atoms with Crippen LogP contribution >= 0.6 is 0 Å². The van der Waals surface area contributed by atoms with Crippen molar-refractivity contribution in [2.24, 2.45) is 5.92 Å². The average Bonchev–Trinajstić information content (AvgIpc) is 3.43. The molecule has 0 aromatic heterocycles. The number of ether oxygens (including phenoxy) is 2. The van der Waals surface area contributed by atoms with Gasteiger partial charge in [0.15, 0.2) is 0 Å². The molecule has 0 unspecified atom stereocenters. The van der Waals surface area contributed by atoms with Gasteiger partial charge in [0, 0.05) is 13.6 Å². The molecule has 41 heavy (non-hydrogen) atoms. The number of benzene rings is 2. The van der Waals surface area contributed by atoms with E-state index in [1.807, 2.05) is 45.0 Å². The van der Waals surface area contributed by atoms with Crippen molar-refractivity contribution >= 4 is 23.6 Å². The van der Waals surface area contributed by atoms with E-state index in [4.69, 9.17) is 9.47 Å². The largest absolute Gasteiger partial charge is 0.491 e. The fourth-order valence-corrected chi connectivity index (χ4v) is 5.20. The van der Waals surface area contributed by atoms with Crippen molar-refractivity contribution in [2.45, 2.75) is 58.2 Å². The van der Waals surface area contributed by atoms with Crippen LogP contribution < -0.4 is 20.1 Å². The lowest BCUT2D eigenvalue weighted by Crippen LogP contribution is -2.55. The third-order valence-corrected chi connectivity index (χ3v) is 7.62. The van der Waals surface area contributed by atoms with Gasteiger partial charge >= 0.3 is 0 Å². The standard InChI is InChI=1S/C31H40N4O6/c1-20(2)28-31(39)35-15-9-11-22(35)19-41-26-14-8-6-12-23(26)29(37)32-24(18-27(36)33-28)30(38)34(4)16-17-40-25-13-7-5-10-21(25)3/h5-8,10,12-14,20,22,24,28H,9,11,15-19H2,1-4H3,(H,32,37)(H,33,36)/t22-,24-,28+/m0/s1. The second-order valence-corrected chi connectivity index (χ2v) is 11.0. The monoisotopic (exact) mass is 564 g/mol. The Labute approximate surface area is 241 Å². The highest BCUT2D eigenvalue weighted by Crippen LogP contribution is 2.24. The SMILES string of the molecule is Cc1ccccc1OCCN(C)C(=O)[C@@H]1CC(=O)N[C@H](C(C)C)C(=O)N2CCC[C@H]2COc2ccccc2C(=O)N1. The van der Waals surface area contributed by atoms with E-state index >= 15 is 0 Å². The predicted octanol–water partition coefficient (Wildman–Crippen LogP) is 2.55. The summed E-state index contributed by atoms with van der Waals surface area (Å²) in [6.45, 7) is 6.95. The van der Waals surface area contributed by atoms with Crippen molar-refractivity contribution in [3.05, 3.63) is 59.7 Å². The van der Waals surface area contributed by atoms with Crippen molar-refractivity contribution in [1.82, 2.24) is 20.4 Å². The Kier molecular flexibility index (Phi) is 9.86. The summed E-state index contributed by atoms with van der Waals surface area (Å²) in [6, 6.07) is 12.3. The van der Waals surface area contributed by atoms with Gasteiger partial charge in [0.25, 0.3) is 5.91 Å². The molecule has 0 radical (unpaired) electrons. The first-order chi connectivity index (χ1) is 19.7. The third-order valence-electron chi connectivity index (χ3n) is 7.62. The minimum Gasteiger partial charge on any atom is -0.491 e. The zero-order chi connectivity index (χ0) is 29.5. The number of likely N-dealkylation sites (N-methyl/N-ethyl adjacent to an activating group) is 1. The van der Waals surface area contributed by atoms with E-state index in [-0.39, 0.29) is 49.6 Å². The number of aryl methyl sites for hydroxylation is 1. The van der Waals surface area contributed by atoms with Gasteiger partial charge in [0.1, 0.15) is 36.8 Å². The van der Waals surface area contributed by atoms with E-state index in [2.05, 4.69) is 10.6 Å². The molecule has 10 heteroatoms. The molecule has 220 valence electrons. The predicted molar refractivity (Wildman–Crippen MR) is 154 cm³/mol. The van der Waals surface area contributed by atoms with Crippen LogP contribution in [0.15, 0.2) is 48.5 Å². The molecule has 0 bridgehead atoms. The summed E-state index contributed by atoms with van der Waals surface area (Å²) in [4.78, 5) is 57.0. The fraction of sp³-hybridized carbons (Fsp3) is 0.484. The molecule has 0 aliphatic carbocycles. The molecule has 4 rings (SSSR count). The molecule has 2 N–H and O–H groups in total. The number of hydrogen-bond donors (Lipinski definition) is 2. The molecule has 2 heterocycles. The molecule has 2 aliphatic rings. The molecule has 3 atom stereocenters. The maximum absolute atomic E-state index is 13.6. The van der Waals surface area contributed by atoms with Gasteiger partial charge in [-0.05, 0) is 49.4 Å². The van der Waals surface area contributed by atoms with Crippen LogP contribution in [0.25, 0.3) is 0 Å². The van der Waals surface area contributed by atoms with Crippen LogP contribution in [0.4, 0.5) is 0 Å². The topological polar surface area (TPSA) is 117 Å². The summed E-state index contributed by atoms with van der Waals surface area (Å²) in [6.07, 6.45) is 1.28. The Bertz CT molecular complexity index is 1260. The lowest BCUT2D eigenvalue weighted by Gasteiger charge is -2.32. The molecule has 2 aliphatic heterocycles. The van der Waals surface area contributed by atoms with Crippen LogP contribution in [0.2, 0.25) is 0 Å². The van der Waals surface area contributed by atoms with Gasteiger partial charge in [-0.1, -0.05) is 44.2 Å². The molecule has 10 nitrogen and oxygen atoms in total. The molecule has 1 fully saturated rings. The highest BCUT2D eigenvalue weighted by atomic mass is 16.5. The molecule has 0 spiro atoms. The maximum Gasteiger partial charge on any atom is 0.255 e. The molecule has 0 saturated carbocycles. The Balaban J connectivity index is 1.56. The van der Waals surface area contributed by atoms with Crippen molar-refractivity contribution in [1.29, 1.82) is 0 Å². The number of fused-ring (bicyclic) bond motifs is 2. The van der Waals surface area contributed by atoms with E-state index < -0.39 is 29.8 Å². The molecular formula is C31H40N4O6. The van der Waals surface area contributed by atoms with Crippen LogP contribution in [-0.2, 0) is 14.4 Å². The molecule has 2 aromatic carbocycles. The van der Waals surface area contributed by atoms with Crippen molar-refractivity contribution in [2.75, 3.05) is 33.4 Å². The quantitative estimate of drug-likeness (QED) is 0.557. The maximum atomic E-state index is 13.6. The van der Waals surface area contributed by atoms with E-state index in [1.165, 1.54) is 4.90 Å². The van der Waals surface area contributed by atoms with Crippen LogP contribution in [0.3, 0.4) is 0 Å². The zero-order valence-corrected chi connectivity index (χ0v) is 24.2. The summed E-state index contributed by atoms with van der Waals surface area (Å²) in [5.74, 6) is -0.711. The minimum atomic E-state index is -1.16. The van der Waals surface area contributed by atoms with Gasteiger partial charge in [-0.3, -0.25) is 19.2 Å². The average molecular weight is 565 g/mol. The molecule has 1 saturated heterocycles. The van der Waals surface area contributed by atoms with E-state index in [1.54, 1.807) is 36.2 Å². The number of amides is 4. The first-order valence-corrected chi connectivity index (χ1v) is 14.2. The van der Waals surface area contributed by atoms with E-state index in [0.29, 0.717) is 12.3 Å². The number of para-hydroxylation sites is 2. The normalized spacial score (nSPS) is 21.6. The van der Waals surface area contributed by atoms with Crippen LogP contribution in [0, 0.1) is 12.8 Å². The van der Waals surface area contributed by atoms with Gasteiger partial charge in [-0.25, -0.2) is 0 Å². The fourth-order valence-electron chi connectivity index (χ4n) is 5.20. The summed E-state index contributed by atoms with van der Waals surface area (Å²) in [5, 5.41) is 5.59. The van der Waals surface area contributed by atoms with Crippen LogP contribution in [-0.4, -0.2) is 84.9 Å². The molecule has 4 amide bonds. The van der Waals surface area contributed by atoms with Gasteiger partial charge in [-0.15, -0.1) is 0 Å². The molecular weight excluding hydrogens is 524 g/mol. The number of nitrogens with one attached hydrogen (secondary N) is 2. The Morgan fingerprint density at radius 2 is 1.83 bits per heavy atom. The van der Waals surface area contributed by atoms with Crippen LogP contribution in [0.1, 0.15) is 49.0 Å². The summed E-state index contributed by atoms with van der Waals surface area (Å²) >= 11 is 0. The highest BCUT2D eigenvalue weighted by Gasteiger charge is 2.37. The summed E-state index contributed by atoms with van der Waals surface area (Å²) < 4.78 is 11.9. The van der Waals surface area contributed by atoms with Crippen molar-refractivity contribution in [3.63, 3.8) is 0 Å². The zero-order valence-electron chi connectivity index (χ0n) is 24.2. The van der Waals surface area contributed by atoms with E-state index in [9.17, 15) is 19.2 Å². The van der Waals surface area contributed by atoms with Crippen LogP contribution in [0.5, 0.6) is 11.5 Å². The number of hydrogen-bond acceptors (Lipinski definition) is 6. The first-order valence-electron chi connectivity index (χ1n) is 14.2. The third kappa shape index (κ3) is 7.36. The van der Waals surface area contributed by atoms with Crippen molar-refractivity contribution in [3.8, 4) is 11.5 Å². The number of nitrogens with zero attached hydrogens (tertiary/aromatic N) is 2. The molecule has 2 aromatic rings. The van der Waals surface area contributed by atoms with Gasteiger partial charge in [0.2, 0.25) is 17.7 Å². The first kappa shape index (κ1) is 29.9.